The van der Waals surface area contributed by atoms with E-state index in [-0.39, 0.29) is 5.41 Å². The molecule has 1 aromatic carbocycles. The van der Waals surface area contributed by atoms with E-state index in [0.717, 1.165) is 13.1 Å². The van der Waals surface area contributed by atoms with Crippen molar-refractivity contribution in [2.75, 3.05) is 13.1 Å². The molecular formula is C15H26N2. The fourth-order valence-corrected chi connectivity index (χ4v) is 2.02. The Bertz CT molecular complexity index is 352. The summed E-state index contributed by atoms with van der Waals surface area (Å²) >= 11 is 0. The first-order chi connectivity index (χ1) is 7.86. The summed E-state index contributed by atoms with van der Waals surface area (Å²) in [7, 11) is 0. The Balaban J connectivity index is 2.95. The highest BCUT2D eigenvalue weighted by atomic mass is 14.9. The lowest BCUT2D eigenvalue weighted by Gasteiger charge is -2.22. The van der Waals surface area contributed by atoms with Crippen molar-refractivity contribution in [2.24, 2.45) is 5.73 Å². The van der Waals surface area contributed by atoms with Crippen LogP contribution in [0.3, 0.4) is 0 Å². The van der Waals surface area contributed by atoms with E-state index in [4.69, 9.17) is 5.73 Å². The van der Waals surface area contributed by atoms with E-state index in [1.165, 1.54) is 22.3 Å². The topological polar surface area (TPSA) is 38.0 Å². The third-order valence-electron chi connectivity index (χ3n) is 3.18. The van der Waals surface area contributed by atoms with Crippen LogP contribution < -0.4 is 11.1 Å². The van der Waals surface area contributed by atoms with Crippen LogP contribution in [0.15, 0.2) is 12.1 Å². The lowest BCUT2D eigenvalue weighted by molar-refractivity contribution is 0.588. The number of hydrogen-bond donors (Lipinski definition) is 2. The van der Waals surface area contributed by atoms with Crippen molar-refractivity contribution in [3.63, 3.8) is 0 Å². The largest absolute Gasteiger partial charge is 0.329 e. The number of benzene rings is 1. The molecule has 0 aliphatic carbocycles. The molecule has 0 aromatic heterocycles. The molecule has 0 heterocycles. The molecule has 2 nitrogen and oxygen atoms in total. The molecule has 2 heteroatoms. The maximum atomic E-state index is 5.49. The predicted molar refractivity (Wildman–Crippen MR) is 75.4 cm³/mol. The summed E-state index contributed by atoms with van der Waals surface area (Å²) in [6, 6.07) is 4.62. The normalized spacial score (nSPS) is 11.9. The summed E-state index contributed by atoms with van der Waals surface area (Å²) in [5.74, 6) is 0. The van der Waals surface area contributed by atoms with Gasteiger partial charge in [0.2, 0.25) is 0 Å². The van der Waals surface area contributed by atoms with Crippen molar-refractivity contribution in [3.05, 3.63) is 34.4 Å². The molecule has 1 aromatic rings. The van der Waals surface area contributed by atoms with Gasteiger partial charge in [-0.05, 0) is 41.5 Å². The van der Waals surface area contributed by atoms with Crippen LogP contribution in [0.25, 0.3) is 0 Å². The highest BCUT2D eigenvalue weighted by molar-refractivity contribution is 5.40. The van der Waals surface area contributed by atoms with Crippen molar-refractivity contribution in [1.29, 1.82) is 0 Å². The third-order valence-corrected chi connectivity index (χ3v) is 3.18. The number of aryl methyl sites for hydroxylation is 2. The number of rotatable bonds is 4. The van der Waals surface area contributed by atoms with E-state index < -0.39 is 0 Å². The monoisotopic (exact) mass is 234 g/mol. The van der Waals surface area contributed by atoms with Crippen molar-refractivity contribution in [1.82, 2.24) is 5.32 Å². The minimum atomic E-state index is 0.221. The Labute approximate surface area is 106 Å². The highest BCUT2D eigenvalue weighted by Gasteiger charge is 2.15. The van der Waals surface area contributed by atoms with Crippen LogP contribution >= 0.6 is 0 Å². The molecular weight excluding hydrogens is 208 g/mol. The van der Waals surface area contributed by atoms with Gasteiger partial charge in [-0.25, -0.2) is 0 Å². The molecule has 0 spiro atoms. The second kappa shape index (κ2) is 5.65. The molecule has 0 aliphatic heterocycles. The summed E-state index contributed by atoms with van der Waals surface area (Å²) in [5.41, 5.74) is 11.3. The van der Waals surface area contributed by atoms with E-state index in [2.05, 4.69) is 52.1 Å². The molecule has 17 heavy (non-hydrogen) atoms. The summed E-state index contributed by atoms with van der Waals surface area (Å²) in [5, 5.41) is 3.37. The standard InChI is InChI=1S/C15H26N2/c1-11-8-13(15(3,4)5)9-12(2)14(11)10-17-7-6-16/h8-9,17H,6-7,10,16H2,1-5H3. The first-order valence-electron chi connectivity index (χ1n) is 6.37. The van der Waals surface area contributed by atoms with Gasteiger partial charge in [-0.3, -0.25) is 0 Å². The molecule has 0 fully saturated rings. The summed E-state index contributed by atoms with van der Waals surface area (Å²) in [6.07, 6.45) is 0. The molecule has 0 aliphatic rings. The number of nitrogens with one attached hydrogen (secondary N) is 1. The SMILES string of the molecule is Cc1cc(C(C)(C)C)cc(C)c1CNCCN. The van der Waals surface area contributed by atoms with Crippen molar-refractivity contribution in [2.45, 2.75) is 46.6 Å². The molecule has 0 unspecified atom stereocenters. The summed E-state index contributed by atoms with van der Waals surface area (Å²) in [6.45, 7) is 13.6. The van der Waals surface area contributed by atoms with Crippen LogP contribution in [0.4, 0.5) is 0 Å². The van der Waals surface area contributed by atoms with Gasteiger partial charge in [0.25, 0.3) is 0 Å². The van der Waals surface area contributed by atoms with Gasteiger partial charge in [-0.1, -0.05) is 32.9 Å². The molecule has 0 amide bonds. The Morgan fingerprint density at radius 1 is 1.12 bits per heavy atom. The van der Waals surface area contributed by atoms with Crippen molar-refractivity contribution in [3.8, 4) is 0 Å². The second-order valence-electron chi connectivity index (χ2n) is 5.80. The molecule has 0 saturated heterocycles. The Morgan fingerprint density at radius 2 is 1.65 bits per heavy atom. The van der Waals surface area contributed by atoms with Gasteiger partial charge in [0.1, 0.15) is 0 Å². The zero-order valence-corrected chi connectivity index (χ0v) is 11.9. The van der Waals surface area contributed by atoms with Gasteiger partial charge in [-0.2, -0.15) is 0 Å². The van der Waals surface area contributed by atoms with Crippen LogP contribution in [-0.2, 0) is 12.0 Å². The molecule has 3 N–H and O–H groups in total. The molecule has 0 bridgehead atoms. The molecule has 0 saturated carbocycles. The lowest BCUT2D eigenvalue weighted by atomic mass is 9.84. The highest BCUT2D eigenvalue weighted by Crippen LogP contribution is 2.26. The van der Waals surface area contributed by atoms with Gasteiger partial charge < -0.3 is 11.1 Å². The first kappa shape index (κ1) is 14.2. The van der Waals surface area contributed by atoms with Gasteiger partial charge in [0, 0.05) is 19.6 Å². The van der Waals surface area contributed by atoms with Crippen LogP contribution in [0.1, 0.15) is 43.0 Å². The predicted octanol–water partition coefficient (Wildman–Crippen LogP) is 2.65. The second-order valence-corrected chi connectivity index (χ2v) is 5.80. The van der Waals surface area contributed by atoms with Crippen LogP contribution in [0.2, 0.25) is 0 Å². The molecule has 0 radical (unpaired) electrons. The third kappa shape index (κ3) is 3.83. The van der Waals surface area contributed by atoms with E-state index >= 15 is 0 Å². The molecule has 1 rings (SSSR count). The fraction of sp³-hybridized carbons (Fsp3) is 0.600. The fourth-order valence-electron chi connectivity index (χ4n) is 2.02. The maximum Gasteiger partial charge on any atom is 0.0211 e. The average Bonchev–Trinajstić information content (AvgIpc) is 2.20. The minimum absolute atomic E-state index is 0.221. The molecule has 0 atom stereocenters. The quantitative estimate of drug-likeness (QED) is 0.786. The van der Waals surface area contributed by atoms with E-state index in [1.807, 2.05) is 0 Å². The smallest absolute Gasteiger partial charge is 0.0211 e. The number of hydrogen-bond acceptors (Lipinski definition) is 2. The Kier molecular flexibility index (Phi) is 4.72. The van der Waals surface area contributed by atoms with Crippen LogP contribution in [0.5, 0.6) is 0 Å². The van der Waals surface area contributed by atoms with Gasteiger partial charge >= 0.3 is 0 Å². The van der Waals surface area contributed by atoms with Gasteiger partial charge in [0.15, 0.2) is 0 Å². The summed E-state index contributed by atoms with van der Waals surface area (Å²) in [4.78, 5) is 0. The van der Waals surface area contributed by atoms with E-state index in [1.54, 1.807) is 0 Å². The Morgan fingerprint density at radius 3 is 2.06 bits per heavy atom. The van der Waals surface area contributed by atoms with E-state index in [0.29, 0.717) is 6.54 Å². The Hall–Kier alpha value is -0.860. The van der Waals surface area contributed by atoms with Crippen LogP contribution in [-0.4, -0.2) is 13.1 Å². The zero-order valence-electron chi connectivity index (χ0n) is 11.9. The molecule has 96 valence electrons. The van der Waals surface area contributed by atoms with E-state index in [9.17, 15) is 0 Å². The number of nitrogens with two attached hydrogens (primary N) is 1. The minimum Gasteiger partial charge on any atom is -0.329 e. The maximum absolute atomic E-state index is 5.49. The van der Waals surface area contributed by atoms with Gasteiger partial charge in [0.05, 0.1) is 0 Å². The lowest BCUT2D eigenvalue weighted by Crippen LogP contribution is -2.23. The van der Waals surface area contributed by atoms with Crippen molar-refractivity contribution >= 4 is 0 Å². The van der Waals surface area contributed by atoms with Crippen molar-refractivity contribution < 1.29 is 0 Å². The van der Waals surface area contributed by atoms with Crippen LogP contribution in [0, 0.1) is 13.8 Å². The average molecular weight is 234 g/mol. The zero-order chi connectivity index (χ0) is 13.1. The first-order valence-corrected chi connectivity index (χ1v) is 6.37. The summed E-state index contributed by atoms with van der Waals surface area (Å²) < 4.78 is 0. The van der Waals surface area contributed by atoms with Gasteiger partial charge in [-0.15, -0.1) is 0 Å².